The maximum Gasteiger partial charge on any atom is 0.416 e. The molecule has 2 aliphatic rings. The number of halogens is 3. The highest BCUT2D eigenvalue weighted by Gasteiger charge is 2.35. The number of benzene rings is 2. The fraction of sp³-hybridized carbons (Fsp3) is 0.158. The van der Waals surface area contributed by atoms with Gasteiger partial charge >= 0.3 is 6.18 Å². The van der Waals surface area contributed by atoms with Gasteiger partial charge in [0.1, 0.15) is 5.82 Å². The van der Waals surface area contributed by atoms with Gasteiger partial charge in [0, 0.05) is 6.21 Å². The first-order chi connectivity index (χ1) is 12.4. The summed E-state index contributed by atoms with van der Waals surface area (Å²) in [5, 5.41) is 1.29. The van der Waals surface area contributed by atoms with Gasteiger partial charge in [-0.05, 0) is 34.9 Å². The van der Waals surface area contributed by atoms with Gasteiger partial charge in [0.25, 0.3) is 0 Å². The van der Waals surface area contributed by atoms with E-state index in [1.54, 1.807) is 6.08 Å². The van der Waals surface area contributed by atoms with Gasteiger partial charge in [0.2, 0.25) is 5.91 Å². The first-order valence-corrected chi connectivity index (χ1v) is 8.03. The molecule has 1 amide bonds. The zero-order valence-electron chi connectivity index (χ0n) is 13.5. The lowest BCUT2D eigenvalue weighted by Gasteiger charge is -2.23. The van der Waals surface area contributed by atoms with E-state index in [4.69, 9.17) is 0 Å². The Hall–Kier alpha value is -2.93. The molecule has 0 saturated carbocycles. The molecule has 0 saturated heterocycles. The highest BCUT2D eigenvalue weighted by atomic mass is 19.4. The lowest BCUT2D eigenvalue weighted by molar-refractivity contribution is -0.137. The van der Waals surface area contributed by atoms with Crippen LogP contribution in [0.2, 0.25) is 0 Å². The Labute approximate surface area is 147 Å². The molecule has 0 bridgehead atoms. The second-order valence-electron chi connectivity index (χ2n) is 6.04. The number of fused-ring (bicyclic) bond motifs is 1. The van der Waals surface area contributed by atoms with Crippen LogP contribution >= 0.6 is 0 Å². The van der Waals surface area contributed by atoms with Crippen molar-refractivity contribution in [3.8, 4) is 11.1 Å². The summed E-state index contributed by atoms with van der Waals surface area (Å²) in [6.07, 6.45) is -1.13. The third-order valence-electron chi connectivity index (χ3n) is 4.35. The van der Waals surface area contributed by atoms with Crippen LogP contribution in [0.4, 0.5) is 13.2 Å². The third kappa shape index (κ3) is 2.90. The molecule has 4 nitrogen and oxygen atoms in total. The Bertz CT molecular complexity index is 919. The second-order valence-corrected chi connectivity index (χ2v) is 6.04. The molecule has 0 aliphatic carbocycles. The fourth-order valence-electron chi connectivity index (χ4n) is 3.11. The predicted molar refractivity (Wildman–Crippen MR) is 90.8 cm³/mol. The maximum atomic E-state index is 13.2. The monoisotopic (exact) mass is 357 g/mol. The van der Waals surface area contributed by atoms with Gasteiger partial charge in [-0.15, -0.1) is 0 Å². The number of carbonyl (C=O) groups excluding carboxylic acids is 1. The molecule has 2 aromatic rings. The number of carbonyl (C=O) groups is 1. The lowest BCUT2D eigenvalue weighted by Crippen LogP contribution is -2.40. The van der Waals surface area contributed by atoms with Crippen molar-refractivity contribution in [3.63, 3.8) is 0 Å². The molecule has 26 heavy (non-hydrogen) atoms. The van der Waals surface area contributed by atoms with E-state index in [0.29, 0.717) is 16.9 Å². The van der Waals surface area contributed by atoms with Crippen LogP contribution in [0.15, 0.2) is 65.4 Å². The Morgan fingerprint density at radius 2 is 1.88 bits per heavy atom. The zero-order chi connectivity index (χ0) is 18.3. The molecule has 0 spiro atoms. The zero-order valence-corrected chi connectivity index (χ0v) is 13.5. The number of amides is 1. The van der Waals surface area contributed by atoms with E-state index in [0.717, 1.165) is 17.7 Å². The molecular weight excluding hydrogens is 343 g/mol. The summed E-state index contributed by atoms with van der Waals surface area (Å²) >= 11 is 0. The van der Waals surface area contributed by atoms with E-state index in [1.807, 2.05) is 30.3 Å². The van der Waals surface area contributed by atoms with Crippen LogP contribution in [0, 0.1) is 0 Å². The van der Waals surface area contributed by atoms with Crippen molar-refractivity contribution in [3.05, 3.63) is 71.6 Å². The Morgan fingerprint density at radius 1 is 1.12 bits per heavy atom. The fourth-order valence-corrected chi connectivity index (χ4v) is 3.11. The van der Waals surface area contributed by atoms with Gasteiger partial charge in [-0.2, -0.15) is 13.2 Å². The van der Waals surface area contributed by atoms with Crippen molar-refractivity contribution in [2.75, 3.05) is 0 Å². The molecule has 0 aromatic heterocycles. The van der Waals surface area contributed by atoms with Crippen LogP contribution in [-0.4, -0.2) is 17.1 Å². The van der Waals surface area contributed by atoms with Crippen molar-refractivity contribution >= 4 is 12.1 Å². The van der Waals surface area contributed by atoms with Crippen molar-refractivity contribution in [2.24, 2.45) is 4.99 Å². The molecule has 1 N–H and O–H groups in total. The maximum absolute atomic E-state index is 13.2. The van der Waals surface area contributed by atoms with Gasteiger partial charge in [-0.1, -0.05) is 36.4 Å². The standard InChI is InChI=1S/C19H14F3N3O/c20-19(21,22)13-6-7-14(12-4-2-1-3-5-12)15(10-13)16-11-17-23-9-8-18(26)25(17)24-16/h1-7,9-11,16,24H,8H2. The highest BCUT2D eigenvalue weighted by molar-refractivity contribution is 5.93. The summed E-state index contributed by atoms with van der Waals surface area (Å²) in [7, 11) is 0. The normalized spacial score (nSPS) is 19.5. The van der Waals surface area contributed by atoms with E-state index < -0.39 is 17.8 Å². The van der Waals surface area contributed by atoms with E-state index in [1.165, 1.54) is 17.3 Å². The number of hydrogen-bond acceptors (Lipinski definition) is 3. The first-order valence-electron chi connectivity index (χ1n) is 8.03. The number of rotatable bonds is 2. The summed E-state index contributed by atoms with van der Waals surface area (Å²) in [6.45, 7) is 0. The quantitative estimate of drug-likeness (QED) is 0.880. The van der Waals surface area contributed by atoms with Gasteiger partial charge in [-0.3, -0.25) is 4.79 Å². The molecule has 2 heterocycles. The molecule has 0 radical (unpaired) electrons. The third-order valence-corrected chi connectivity index (χ3v) is 4.35. The Balaban J connectivity index is 1.82. The molecular formula is C19H14F3N3O. The molecule has 2 aliphatic heterocycles. The lowest BCUT2D eigenvalue weighted by atomic mass is 9.93. The van der Waals surface area contributed by atoms with Gasteiger partial charge in [-0.25, -0.2) is 15.4 Å². The van der Waals surface area contributed by atoms with E-state index >= 15 is 0 Å². The second kappa shape index (κ2) is 6.10. The average Bonchev–Trinajstić information content (AvgIpc) is 3.07. The molecule has 1 unspecified atom stereocenters. The minimum Gasteiger partial charge on any atom is -0.273 e. The van der Waals surface area contributed by atoms with E-state index in [2.05, 4.69) is 10.4 Å². The first kappa shape index (κ1) is 16.5. The SMILES string of the molecule is O=C1CC=NC2=CC(c3cc(C(F)(F)F)ccc3-c3ccccc3)NN12. The van der Waals surface area contributed by atoms with Crippen molar-refractivity contribution < 1.29 is 18.0 Å². The predicted octanol–water partition coefficient (Wildman–Crippen LogP) is 4.08. The number of hydrazine groups is 1. The largest absolute Gasteiger partial charge is 0.416 e. The van der Waals surface area contributed by atoms with Crippen LogP contribution in [0.3, 0.4) is 0 Å². The van der Waals surface area contributed by atoms with Crippen molar-refractivity contribution in [1.29, 1.82) is 0 Å². The highest BCUT2D eigenvalue weighted by Crippen LogP contribution is 2.38. The summed E-state index contributed by atoms with van der Waals surface area (Å²) in [6, 6.07) is 12.3. The number of alkyl halides is 3. The smallest absolute Gasteiger partial charge is 0.273 e. The summed E-state index contributed by atoms with van der Waals surface area (Å²) in [5.74, 6) is 0.213. The minimum atomic E-state index is -4.45. The molecule has 1 atom stereocenters. The van der Waals surface area contributed by atoms with Gasteiger partial charge in [0.05, 0.1) is 18.0 Å². The van der Waals surface area contributed by atoms with Gasteiger partial charge < -0.3 is 0 Å². The van der Waals surface area contributed by atoms with E-state index in [-0.39, 0.29) is 12.3 Å². The topological polar surface area (TPSA) is 44.7 Å². The van der Waals surface area contributed by atoms with Crippen LogP contribution < -0.4 is 5.43 Å². The summed E-state index contributed by atoms with van der Waals surface area (Å²) in [4.78, 5) is 16.1. The molecule has 0 fully saturated rings. The molecule has 2 aromatic carbocycles. The Kier molecular flexibility index (Phi) is 3.88. The number of nitrogens with one attached hydrogen (secondary N) is 1. The van der Waals surface area contributed by atoms with Crippen molar-refractivity contribution in [2.45, 2.75) is 18.6 Å². The molecule has 132 valence electrons. The number of aliphatic imine (C=N–C) groups is 1. The van der Waals surface area contributed by atoms with Crippen LogP contribution in [-0.2, 0) is 11.0 Å². The number of nitrogens with zero attached hydrogens (tertiary/aromatic N) is 2. The molecule has 7 heteroatoms. The van der Waals surface area contributed by atoms with Crippen molar-refractivity contribution in [1.82, 2.24) is 10.4 Å². The number of hydrogen-bond donors (Lipinski definition) is 1. The summed E-state index contributed by atoms with van der Waals surface area (Å²) < 4.78 is 39.7. The molecule has 4 rings (SSSR count). The van der Waals surface area contributed by atoms with Crippen LogP contribution in [0.1, 0.15) is 23.6 Å². The van der Waals surface area contributed by atoms with Crippen LogP contribution in [0.5, 0.6) is 0 Å². The van der Waals surface area contributed by atoms with Crippen LogP contribution in [0.25, 0.3) is 11.1 Å². The van der Waals surface area contributed by atoms with Gasteiger partial charge in [0.15, 0.2) is 0 Å². The average molecular weight is 357 g/mol. The minimum absolute atomic E-state index is 0.158. The Morgan fingerprint density at radius 3 is 2.58 bits per heavy atom. The van der Waals surface area contributed by atoms with E-state index in [9.17, 15) is 18.0 Å². The summed E-state index contributed by atoms with van der Waals surface area (Å²) in [5.41, 5.74) is 4.14.